The molecule has 0 saturated heterocycles. The third-order valence-corrected chi connectivity index (χ3v) is 2.20. The van der Waals surface area contributed by atoms with Crippen LogP contribution in [0.1, 0.15) is 13.8 Å². The van der Waals surface area contributed by atoms with Crippen molar-refractivity contribution in [2.24, 2.45) is 5.92 Å². The molecule has 0 aliphatic carbocycles. The van der Waals surface area contributed by atoms with Gasteiger partial charge in [0, 0.05) is 12.8 Å². The fourth-order valence-electron chi connectivity index (χ4n) is 1.19. The highest BCUT2D eigenvalue weighted by atomic mass is 16.4. The van der Waals surface area contributed by atoms with Gasteiger partial charge in [-0.1, -0.05) is 6.92 Å². The van der Waals surface area contributed by atoms with Crippen molar-refractivity contribution < 1.29 is 24.9 Å². The number of aliphatic hydroxyl groups excluding tert-OH is 3. The van der Waals surface area contributed by atoms with Crippen molar-refractivity contribution in [1.82, 2.24) is 5.32 Å². The Kier molecular flexibility index (Phi) is 6.07. The molecule has 0 aromatic rings. The molecule has 0 aromatic carbocycles. The Hall–Kier alpha value is -0.980. The number of aldehydes is 1. The standard InChI is InChI=1S/C9H17NO5/c1-5(9(15)8(14)4-12)7(3-11)10-6(2)13/h3,5,7-9,12,14-15H,4H2,1-2H3,(H,10,13)/t5-,7+,8-,9+/m1/s1. The Morgan fingerprint density at radius 3 is 2.33 bits per heavy atom. The summed E-state index contributed by atoms with van der Waals surface area (Å²) >= 11 is 0. The molecule has 6 heteroatoms. The van der Waals surface area contributed by atoms with Crippen molar-refractivity contribution in [3.63, 3.8) is 0 Å². The van der Waals surface area contributed by atoms with Gasteiger partial charge in [-0.15, -0.1) is 0 Å². The summed E-state index contributed by atoms with van der Waals surface area (Å²) in [6.45, 7) is 2.15. The van der Waals surface area contributed by atoms with E-state index in [-0.39, 0.29) is 0 Å². The monoisotopic (exact) mass is 219 g/mol. The van der Waals surface area contributed by atoms with E-state index in [4.69, 9.17) is 10.2 Å². The van der Waals surface area contributed by atoms with Crippen LogP contribution >= 0.6 is 0 Å². The molecule has 88 valence electrons. The Bertz CT molecular complexity index is 221. The van der Waals surface area contributed by atoms with Crippen molar-refractivity contribution in [3.8, 4) is 0 Å². The average Bonchev–Trinajstić information content (AvgIpc) is 2.22. The van der Waals surface area contributed by atoms with E-state index in [2.05, 4.69) is 5.32 Å². The lowest BCUT2D eigenvalue weighted by Gasteiger charge is -2.26. The summed E-state index contributed by atoms with van der Waals surface area (Å²) in [4.78, 5) is 21.3. The van der Waals surface area contributed by atoms with Crippen LogP contribution in [-0.4, -0.2) is 52.4 Å². The van der Waals surface area contributed by atoms with E-state index in [1.807, 2.05) is 0 Å². The van der Waals surface area contributed by atoms with Crippen molar-refractivity contribution in [1.29, 1.82) is 0 Å². The first-order chi connectivity index (χ1) is 6.93. The molecule has 0 aromatic heterocycles. The second-order valence-electron chi connectivity index (χ2n) is 3.46. The van der Waals surface area contributed by atoms with Crippen LogP contribution in [-0.2, 0) is 9.59 Å². The van der Waals surface area contributed by atoms with Crippen LogP contribution in [0.3, 0.4) is 0 Å². The van der Waals surface area contributed by atoms with Gasteiger partial charge in [-0.25, -0.2) is 0 Å². The van der Waals surface area contributed by atoms with Crippen molar-refractivity contribution in [3.05, 3.63) is 0 Å². The molecule has 0 saturated carbocycles. The van der Waals surface area contributed by atoms with Crippen molar-refractivity contribution in [2.75, 3.05) is 6.61 Å². The Labute approximate surface area is 87.9 Å². The van der Waals surface area contributed by atoms with Gasteiger partial charge in [-0.05, 0) is 0 Å². The minimum atomic E-state index is -1.32. The molecule has 4 atom stereocenters. The highest BCUT2D eigenvalue weighted by Crippen LogP contribution is 2.11. The van der Waals surface area contributed by atoms with E-state index in [9.17, 15) is 14.7 Å². The maximum absolute atomic E-state index is 10.7. The van der Waals surface area contributed by atoms with Crippen molar-refractivity contribution in [2.45, 2.75) is 32.1 Å². The Morgan fingerprint density at radius 1 is 1.47 bits per heavy atom. The van der Waals surface area contributed by atoms with Crippen molar-refractivity contribution >= 4 is 12.2 Å². The molecule has 0 fully saturated rings. The number of hydrogen-bond acceptors (Lipinski definition) is 5. The van der Waals surface area contributed by atoms with Crippen LogP contribution in [0, 0.1) is 5.92 Å². The zero-order chi connectivity index (χ0) is 12.0. The van der Waals surface area contributed by atoms with E-state index in [1.165, 1.54) is 13.8 Å². The van der Waals surface area contributed by atoms with E-state index in [1.54, 1.807) is 0 Å². The zero-order valence-corrected chi connectivity index (χ0v) is 8.75. The quantitative estimate of drug-likeness (QED) is 0.388. The number of carbonyl (C=O) groups excluding carboxylic acids is 2. The van der Waals surface area contributed by atoms with Gasteiger partial charge in [-0.2, -0.15) is 0 Å². The molecular formula is C9H17NO5. The number of carbonyl (C=O) groups is 2. The van der Waals surface area contributed by atoms with E-state index in [0.717, 1.165) is 0 Å². The molecule has 0 spiro atoms. The highest BCUT2D eigenvalue weighted by Gasteiger charge is 2.29. The summed E-state index contributed by atoms with van der Waals surface area (Å²) in [5.41, 5.74) is 0. The molecule has 0 rings (SSSR count). The average molecular weight is 219 g/mol. The van der Waals surface area contributed by atoms with Crippen LogP contribution in [0.25, 0.3) is 0 Å². The maximum atomic E-state index is 10.7. The fourth-order valence-corrected chi connectivity index (χ4v) is 1.19. The lowest BCUT2D eigenvalue weighted by Crippen LogP contribution is -2.48. The first-order valence-electron chi connectivity index (χ1n) is 4.63. The number of nitrogens with one attached hydrogen (secondary N) is 1. The topological polar surface area (TPSA) is 107 Å². The van der Waals surface area contributed by atoms with E-state index >= 15 is 0 Å². The van der Waals surface area contributed by atoms with Crippen LogP contribution < -0.4 is 5.32 Å². The highest BCUT2D eigenvalue weighted by molar-refractivity contribution is 5.77. The number of aliphatic hydroxyl groups is 3. The van der Waals surface area contributed by atoms with Gasteiger partial charge in [0.2, 0.25) is 5.91 Å². The van der Waals surface area contributed by atoms with E-state index < -0.39 is 36.7 Å². The summed E-state index contributed by atoms with van der Waals surface area (Å²) in [5, 5.41) is 29.6. The lowest BCUT2D eigenvalue weighted by atomic mass is 9.93. The molecule has 1 amide bonds. The summed E-state index contributed by atoms with van der Waals surface area (Å²) < 4.78 is 0. The smallest absolute Gasteiger partial charge is 0.217 e. The summed E-state index contributed by atoms with van der Waals surface area (Å²) in [7, 11) is 0. The summed E-state index contributed by atoms with van der Waals surface area (Å²) in [6, 6.07) is -0.876. The third kappa shape index (κ3) is 4.37. The van der Waals surface area contributed by atoms with Gasteiger partial charge in [0.25, 0.3) is 0 Å². The normalized spacial score (nSPS) is 18.7. The van der Waals surface area contributed by atoms with Gasteiger partial charge in [0.1, 0.15) is 12.4 Å². The minimum Gasteiger partial charge on any atom is -0.394 e. The molecule has 0 unspecified atom stereocenters. The Morgan fingerprint density at radius 2 is 2.00 bits per heavy atom. The molecule has 0 aliphatic rings. The van der Waals surface area contributed by atoms with Crippen LogP contribution in [0.15, 0.2) is 0 Å². The largest absolute Gasteiger partial charge is 0.394 e. The Balaban J connectivity index is 4.42. The third-order valence-electron chi connectivity index (χ3n) is 2.20. The van der Waals surface area contributed by atoms with Gasteiger partial charge in [-0.3, -0.25) is 4.79 Å². The maximum Gasteiger partial charge on any atom is 0.217 e. The molecule has 0 radical (unpaired) electrons. The number of rotatable bonds is 6. The SMILES string of the molecule is CC(=O)N[C@@H](C=O)[C@@H](C)[C@H](O)[C@H](O)CO. The molecule has 0 aliphatic heterocycles. The molecule has 6 nitrogen and oxygen atoms in total. The fraction of sp³-hybridized carbons (Fsp3) is 0.778. The van der Waals surface area contributed by atoms with Crippen LogP contribution in [0.4, 0.5) is 0 Å². The van der Waals surface area contributed by atoms with E-state index in [0.29, 0.717) is 6.29 Å². The second kappa shape index (κ2) is 6.49. The molecule has 4 N–H and O–H groups in total. The minimum absolute atomic E-state index is 0.398. The second-order valence-corrected chi connectivity index (χ2v) is 3.46. The first kappa shape index (κ1) is 14.0. The molecule has 15 heavy (non-hydrogen) atoms. The van der Waals surface area contributed by atoms with Crippen LogP contribution in [0.5, 0.6) is 0 Å². The van der Waals surface area contributed by atoms with Crippen LogP contribution in [0.2, 0.25) is 0 Å². The molecule has 0 heterocycles. The van der Waals surface area contributed by atoms with Gasteiger partial charge >= 0.3 is 0 Å². The first-order valence-corrected chi connectivity index (χ1v) is 4.63. The predicted molar refractivity (Wildman–Crippen MR) is 51.9 cm³/mol. The van der Waals surface area contributed by atoms with Gasteiger partial charge in [0.15, 0.2) is 0 Å². The predicted octanol–water partition coefficient (Wildman–Crippen LogP) is -1.96. The number of hydrogen-bond donors (Lipinski definition) is 4. The van der Waals surface area contributed by atoms with Gasteiger partial charge < -0.3 is 25.4 Å². The molecule has 0 bridgehead atoms. The lowest BCUT2D eigenvalue weighted by molar-refractivity contribution is -0.124. The van der Waals surface area contributed by atoms with Gasteiger partial charge in [0.05, 0.1) is 18.8 Å². The summed E-state index contributed by atoms with van der Waals surface area (Å²) in [6.07, 6.45) is -2.10. The number of amides is 1. The summed E-state index contributed by atoms with van der Waals surface area (Å²) in [5.74, 6) is -1.07. The molecular weight excluding hydrogens is 202 g/mol. The zero-order valence-electron chi connectivity index (χ0n) is 8.75.